The minimum atomic E-state index is -3.63. The number of nitrogens with two attached hydrogens (primary N) is 3. The number of rotatable bonds is 7. The first-order chi connectivity index (χ1) is 9.26. The summed E-state index contributed by atoms with van der Waals surface area (Å²) in [5.41, 5.74) is 15.6. The first-order valence-corrected chi connectivity index (χ1v) is 8.88. The molecule has 0 aliphatic carbocycles. The fraction of sp³-hybridized carbons (Fsp3) is 0.375. The van der Waals surface area contributed by atoms with Crippen molar-refractivity contribution in [3.63, 3.8) is 0 Å². The van der Waals surface area contributed by atoms with Crippen molar-refractivity contribution in [1.29, 1.82) is 5.41 Å². The van der Waals surface area contributed by atoms with Crippen LogP contribution in [0.25, 0.3) is 0 Å². The quantitative estimate of drug-likeness (QED) is 0.303. The average molecular weight is 337 g/mol. The molecule has 0 radical (unpaired) electrons. The molecular formula is C8H15N7O2S3. The highest BCUT2D eigenvalue weighted by molar-refractivity contribution is 8.14. The van der Waals surface area contributed by atoms with E-state index in [0.29, 0.717) is 0 Å². The number of hydrogen-bond acceptors (Lipinski definition) is 7. The van der Waals surface area contributed by atoms with Crippen molar-refractivity contribution >= 4 is 56.1 Å². The van der Waals surface area contributed by atoms with Gasteiger partial charge in [-0.2, -0.15) is 13.7 Å². The second-order valence-electron chi connectivity index (χ2n) is 3.53. The van der Waals surface area contributed by atoms with Crippen LogP contribution in [-0.2, 0) is 10.0 Å². The lowest BCUT2D eigenvalue weighted by Crippen LogP contribution is -2.29. The van der Waals surface area contributed by atoms with Gasteiger partial charge in [0, 0.05) is 18.1 Å². The highest BCUT2D eigenvalue weighted by atomic mass is 32.3. The molecule has 1 heterocycles. The lowest BCUT2D eigenvalue weighted by atomic mass is 10.5. The Morgan fingerprint density at radius 1 is 1.55 bits per heavy atom. The van der Waals surface area contributed by atoms with E-state index < -0.39 is 10.0 Å². The highest BCUT2D eigenvalue weighted by Gasteiger charge is 2.24. The van der Waals surface area contributed by atoms with Crippen molar-refractivity contribution in [2.24, 2.45) is 22.2 Å². The van der Waals surface area contributed by atoms with Crippen LogP contribution < -0.4 is 20.9 Å². The van der Waals surface area contributed by atoms with Gasteiger partial charge in [0.25, 0.3) is 0 Å². The lowest BCUT2D eigenvalue weighted by molar-refractivity contribution is 0.598. The van der Waals surface area contributed by atoms with E-state index in [0.717, 1.165) is 27.0 Å². The third-order valence-corrected chi connectivity index (χ3v) is 5.72. The Labute approximate surface area is 124 Å². The molecule has 0 aliphatic heterocycles. The molecule has 0 amide bonds. The molecule has 0 atom stereocenters. The molecule has 9 nitrogen and oxygen atoms in total. The van der Waals surface area contributed by atoms with Crippen LogP contribution in [0.15, 0.2) is 10.4 Å². The normalized spacial score (nSPS) is 11.1. The summed E-state index contributed by atoms with van der Waals surface area (Å²) in [6.45, 7) is 0. The third-order valence-electron chi connectivity index (χ3n) is 1.94. The van der Waals surface area contributed by atoms with Crippen LogP contribution in [0, 0.1) is 5.41 Å². The Kier molecular flexibility index (Phi) is 5.59. The number of guanidine groups is 1. The number of sulfonamides is 1. The Morgan fingerprint density at radius 2 is 2.20 bits per heavy atom. The van der Waals surface area contributed by atoms with Crippen LogP contribution in [0.4, 0.5) is 10.9 Å². The monoisotopic (exact) mass is 337 g/mol. The van der Waals surface area contributed by atoms with Gasteiger partial charge in [-0.25, -0.2) is 8.42 Å². The highest BCUT2D eigenvalue weighted by Crippen LogP contribution is 2.30. The van der Waals surface area contributed by atoms with Gasteiger partial charge in [0.05, 0.1) is 11.6 Å². The number of nitrogens with one attached hydrogen (secondary N) is 1. The molecule has 0 saturated heterocycles. The SMILES string of the molecule is CSN(c1csc(N=C(N)N)n1)S(=O)(=O)CCC(=N)N. The number of aromatic nitrogens is 1. The number of aliphatic imine (C=N–C) groups is 1. The van der Waals surface area contributed by atoms with Gasteiger partial charge in [0.15, 0.2) is 11.8 Å². The Morgan fingerprint density at radius 3 is 2.70 bits per heavy atom. The van der Waals surface area contributed by atoms with Gasteiger partial charge >= 0.3 is 0 Å². The van der Waals surface area contributed by atoms with Crippen molar-refractivity contribution < 1.29 is 8.42 Å². The van der Waals surface area contributed by atoms with E-state index in [-0.39, 0.29) is 34.9 Å². The van der Waals surface area contributed by atoms with Crippen LogP contribution in [-0.4, -0.2) is 37.2 Å². The molecule has 1 rings (SSSR count). The third kappa shape index (κ3) is 4.54. The molecule has 0 fully saturated rings. The van der Waals surface area contributed by atoms with Gasteiger partial charge in [-0.1, -0.05) is 0 Å². The molecule has 1 aromatic heterocycles. The molecule has 0 aliphatic rings. The largest absolute Gasteiger partial charge is 0.388 e. The predicted octanol–water partition coefficient (Wildman–Crippen LogP) is -0.212. The van der Waals surface area contributed by atoms with E-state index in [9.17, 15) is 8.42 Å². The van der Waals surface area contributed by atoms with Crippen LogP contribution in [0.5, 0.6) is 0 Å². The number of nitrogens with zero attached hydrogens (tertiary/aromatic N) is 3. The fourth-order valence-electron chi connectivity index (χ4n) is 1.17. The maximum absolute atomic E-state index is 12.1. The summed E-state index contributed by atoms with van der Waals surface area (Å²) in [6.07, 6.45) is 1.56. The Balaban J connectivity index is 2.98. The van der Waals surface area contributed by atoms with Crippen LogP contribution >= 0.6 is 23.3 Å². The summed E-state index contributed by atoms with van der Waals surface area (Å²) in [6, 6.07) is 0. The van der Waals surface area contributed by atoms with Crippen molar-refractivity contribution in [2.45, 2.75) is 6.42 Å². The number of amidine groups is 1. The first kappa shape index (κ1) is 16.5. The molecule has 112 valence electrons. The predicted molar refractivity (Wildman–Crippen MR) is 83.9 cm³/mol. The lowest BCUT2D eigenvalue weighted by Gasteiger charge is -2.18. The summed E-state index contributed by atoms with van der Waals surface area (Å²) >= 11 is 2.10. The molecular weight excluding hydrogens is 322 g/mol. The van der Waals surface area contributed by atoms with Crippen molar-refractivity contribution in [2.75, 3.05) is 15.7 Å². The molecule has 12 heteroatoms. The van der Waals surface area contributed by atoms with Crippen molar-refractivity contribution in [3.8, 4) is 0 Å². The summed E-state index contributed by atoms with van der Waals surface area (Å²) in [4.78, 5) is 7.77. The van der Waals surface area contributed by atoms with E-state index in [2.05, 4.69) is 9.98 Å². The van der Waals surface area contributed by atoms with Gasteiger partial charge < -0.3 is 17.2 Å². The molecule has 0 saturated carbocycles. The van der Waals surface area contributed by atoms with Crippen molar-refractivity contribution in [1.82, 2.24) is 4.98 Å². The standard InChI is InChI=1S/C8H15N7O2S3/c1-18-15(20(16,17)3-2-5(9)10)6-4-19-8(13-6)14-7(11)12/h4H,2-3H2,1H3,(H3,9,10)(H4,11,12,13,14). The number of anilines is 1. The topological polar surface area (TPSA) is 165 Å². The zero-order chi connectivity index (χ0) is 15.3. The van der Waals surface area contributed by atoms with Crippen LogP contribution in [0.2, 0.25) is 0 Å². The van der Waals surface area contributed by atoms with Gasteiger partial charge in [0.2, 0.25) is 15.2 Å². The minimum Gasteiger partial charge on any atom is -0.388 e. The second kappa shape index (κ2) is 6.76. The van der Waals surface area contributed by atoms with Gasteiger partial charge in [-0.15, -0.1) is 11.3 Å². The molecule has 0 spiro atoms. The molecule has 20 heavy (non-hydrogen) atoms. The molecule has 7 N–H and O–H groups in total. The Bertz CT molecular complexity index is 605. The van der Waals surface area contributed by atoms with Gasteiger partial charge in [0.1, 0.15) is 0 Å². The van der Waals surface area contributed by atoms with E-state index in [4.69, 9.17) is 22.6 Å². The van der Waals surface area contributed by atoms with Gasteiger partial charge in [-0.05, 0) is 11.9 Å². The van der Waals surface area contributed by atoms with E-state index in [1.807, 2.05) is 0 Å². The number of hydrogen-bond donors (Lipinski definition) is 4. The average Bonchev–Trinajstić information content (AvgIpc) is 2.74. The molecule has 0 unspecified atom stereocenters. The Hall–Kier alpha value is -1.53. The van der Waals surface area contributed by atoms with E-state index in [1.54, 1.807) is 6.26 Å². The van der Waals surface area contributed by atoms with Gasteiger partial charge in [-0.3, -0.25) is 5.41 Å². The smallest absolute Gasteiger partial charge is 0.246 e. The van der Waals surface area contributed by atoms with E-state index in [1.165, 1.54) is 5.38 Å². The first-order valence-electron chi connectivity index (χ1n) is 5.21. The molecule has 1 aromatic rings. The molecule has 0 bridgehead atoms. The maximum Gasteiger partial charge on any atom is 0.246 e. The number of thiazole rings is 1. The zero-order valence-corrected chi connectivity index (χ0v) is 13.1. The van der Waals surface area contributed by atoms with Crippen LogP contribution in [0.3, 0.4) is 0 Å². The molecule has 0 aromatic carbocycles. The fourth-order valence-corrected chi connectivity index (χ4v) is 4.41. The van der Waals surface area contributed by atoms with Crippen LogP contribution in [0.1, 0.15) is 6.42 Å². The maximum atomic E-state index is 12.1. The minimum absolute atomic E-state index is 0.0374. The summed E-state index contributed by atoms with van der Waals surface area (Å²) < 4.78 is 25.3. The van der Waals surface area contributed by atoms with Crippen molar-refractivity contribution in [3.05, 3.63) is 5.38 Å². The van der Waals surface area contributed by atoms with E-state index >= 15 is 0 Å². The zero-order valence-electron chi connectivity index (χ0n) is 10.6. The summed E-state index contributed by atoms with van der Waals surface area (Å²) in [5, 5.41) is 8.88. The summed E-state index contributed by atoms with van der Waals surface area (Å²) in [7, 11) is -3.63. The summed E-state index contributed by atoms with van der Waals surface area (Å²) in [5.74, 6) is -0.389. The second-order valence-corrected chi connectivity index (χ2v) is 7.26.